The van der Waals surface area contributed by atoms with Crippen molar-refractivity contribution < 1.29 is 0 Å². The SMILES string of the molecule is C/C(=C/C(C)C)CCC(C)C. The molecule has 0 aliphatic rings. The molecule has 0 unspecified atom stereocenters. The van der Waals surface area contributed by atoms with Gasteiger partial charge in [-0.25, -0.2) is 0 Å². The van der Waals surface area contributed by atoms with E-state index in [1.807, 2.05) is 0 Å². The van der Waals surface area contributed by atoms with Gasteiger partial charge < -0.3 is 0 Å². The fourth-order valence-electron chi connectivity index (χ4n) is 1.17. The van der Waals surface area contributed by atoms with Gasteiger partial charge in [0.1, 0.15) is 0 Å². The molecule has 0 fully saturated rings. The summed E-state index contributed by atoms with van der Waals surface area (Å²) in [6, 6.07) is 0. The second-order valence-corrected chi connectivity index (χ2v) is 4.19. The van der Waals surface area contributed by atoms with Gasteiger partial charge in [0.15, 0.2) is 0 Å². The van der Waals surface area contributed by atoms with Crippen molar-refractivity contribution in [3.05, 3.63) is 11.6 Å². The Kier molecular flexibility index (Phi) is 5.27. The van der Waals surface area contributed by atoms with Crippen LogP contribution in [0.25, 0.3) is 0 Å². The Hall–Kier alpha value is -0.260. The zero-order valence-electron chi connectivity index (χ0n) is 8.65. The van der Waals surface area contributed by atoms with Crippen LogP contribution in [0, 0.1) is 11.8 Å². The van der Waals surface area contributed by atoms with Gasteiger partial charge in [-0.1, -0.05) is 39.3 Å². The lowest BCUT2D eigenvalue weighted by Gasteiger charge is -2.05. The van der Waals surface area contributed by atoms with Gasteiger partial charge in [-0.3, -0.25) is 0 Å². The van der Waals surface area contributed by atoms with Gasteiger partial charge in [0.05, 0.1) is 0 Å². The van der Waals surface area contributed by atoms with Gasteiger partial charge >= 0.3 is 0 Å². The van der Waals surface area contributed by atoms with Gasteiger partial charge in [-0.15, -0.1) is 0 Å². The first-order valence-corrected chi connectivity index (χ1v) is 4.69. The number of hydrogen-bond acceptors (Lipinski definition) is 0. The molecule has 0 bridgehead atoms. The number of hydrogen-bond donors (Lipinski definition) is 0. The highest BCUT2D eigenvalue weighted by Gasteiger charge is 1.95. The molecule has 0 saturated heterocycles. The maximum atomic E-state index is 2.36. The molecule has 0 aromatic heterocycles. The first kappa shape index (κ1) is 10.7. The third kappa shape index (κ3) is 7.64. The smallest absolute Gasteiger partial charge is 0.0288 e. The molecule has 0 heteroatoms. The Morgan fingerprint density at radius 3 is 2.09 bits per heavy atom. The quantitative estimate of drug-likeness (QED) is 0.536. The Bertz CT molecular complexity index is 118. The van der Waals surface area contributed by atoms with Crippen LogP contribution in [0.5, 0.6) is 0 Å². The minimum atomic E-state index is 0.710. The lowest BCUT2D eigenvalue weighted by molar-refractivity contribution is 0.582. The zero-order valence-corrected chi connectivity index (χ0v) is 8.65. The van der Waals surface area contributed by atoms with E-state index in [2.05, 4.69) is 40.7 Å². The van der Waals surface area contributed by atoms with Crippen LogP contribution >= 0.6 is 0 Å². The van der Waals surface area contributed by atoms with Crippen molar-refractivity contribution in [2.75, 3.05) is 0 Å². The molecule has 0 aromatic carbocycles. The molecule has 0 aliphatic carbocycles. The molecule has 0 spiro atoms. The molecule has 11 heavy (non-hydrogen) atoms. The van der Waals surface area contributed by atoms with E-state index in [0.717, 1.165) is 5.92 Å². The Morgan fingerprint density at radius 1 is 1.18 bits per heavy atom. The van der Waals surface area contributed by atoms with Gasteiger partial charge in [0.2, 0.25) is 0 Å². The molecule has 0 aliphatic heterocycles. The summed E-state index contributed by atoms with van der Waals surface area (Å²) in [5.74, 6) is 1.55. The summed E-state index contributed by atoms with van der Waals surface area (Å²) in [7, 11) is 0. The van der Waals surface area contributed by atoms with Crippen molar-refractivity contribution in [1.82, 2.24) is 0 Å². The molecule has 0 rings (SSSR count). The van der Waals surface area contributed by atoms with E-state index in [1.54, 1.807) is 5.57 Å². The van der Waals surface area contributed by atoms with Gasteiger partial charge in [-0.05, 0) is 31.6 Å². The lowest BCUT2D eigenvalue weighted by Crippen LogP contribution is -1.89. The van der Waals surface area contributed by atoms with Crippen molar-refractivity contribution >= 4 is 0 Å². The topological polar surface area (TPSA) is 0 Å². The minimum absolute atomic E-state index is 0.710. The second kappa shape index (κ2) is 5.40. The summed E-state index contributed by atoms with van der Waals surface area (Å²) in [6.07, 6.45) is 4.97. The highest BCUT2D eigenvalue weighted by molar-refractivity contribution is 4.99. The first-order valence-electron chi connectivity index (χ1n) is 4.69. The maximum absolute atomic E-state index is 2.36. The highest BCUT2D eigenvalue weighted by atomic mass is 14.0. The fourth-order valence-corrected chi connectivity index (χ4v) is 1.17. The van der Waals surface area contributed by atoms with Crippen LogP contribution in [0.3, 0.4) is 0 Å². The van der Waals surface area contributed by atoms with Crippen LogP contribution < -0.4 is 0 Å². The molecular weight excluding hydrogens is 132 g/mol. The van der Waals surface area contributed by atoms with Crippen LogP contribution in [0.15, 0.2) is 11.6 Å². The monoisotopic (exact) mass is 154 g/mol. The molecule has 0 amide bonds. The summed E-state index contributed by atoms with van der Waals surface area (Å²) >= 11 is 0. The third-order valence-electron chi connectivity index (χ3n) is 1.73. The summed E-state index contributed by atoms with van der Waals surface area (Å²) in [6.45, 7) is 11.3. The number of rotatable bonds is 4. The average Bonchev–Trinajstić information content (AvgIpc) is 1.82. The van der Waals surface area contributed by atoms with E-state index in [9.17, 15) is 0 Å². The maximum Gasteiger partial charge on any atom is -0.0288 e. The molecule has 0 saturated carbocycles. The predicted molar refractivity (Wildman–Crippen MR) is 52.7 cm³/mol. The predicted octanol–water partition coefficient (Wildman–Crippen LogP) is 4.02. The molecule has 0 nitrogen and oxygen atoms in total. The normalized spacial score (nSPS) is 13.2. The van der Waals surface area contributed by atoms with Crippen LogP contribution in [-0.2, 0) is 0 Å². The van der Waals surface area contributed by atoms with Crippen LogP contribution in [0.1, 0.15) is 47.5 Å². The number of allylic oxidation sites excluding steroid dienone is 2. The molecule has 0 aromatic rings. The Morgan fingerprint density at radius 2 is 1.73 bits per heavy atom. The largest absolute Gasteiger partial charge is 0.0830 e. The summed E-state index contributed by atoms with van der Waals surface area (Å²) in [5, 5.41) is 0. The van der Waals surface area contributed by atoms with Crippen molar-refractivity contribution in [2.24, 2.45) is 11.8 Å². The molecule has 66 valence electrons. The Balaban J connectivity index is 3.59. The van der Waals surface area contributed by atoms with E-state index in [4.69, 9.17) is 0 Å². The van der Waals surface area contributed by atoms with Crippen molar-refractivity contribution in [1.29, 1.82) is 0 Å². The van der Waals surface area contributed by atoms with Crippen LogP contribution in [0.4, 0.5) is 0 Å². The van der Waals surface area contributed by atoms with Crippen molar-refractivity contribution in [3.8, 4) is 0 Å². The van der Waals surface area contributed by atoms with E-state index >= 15 is 0 Å². The van der Waals surface area contributed by atoms with E-state index in [-0.39, 0.29) is 0 Å². The Labute approximate surface area is 71.7 Å². The fraction of sp³-hybridized carbons (Fsp3) is 0.818. The molecule has 0 radical (unpaired) electrons. The first-order chi connectivity index (χ1) is 5.02. The second-order valence-electron chi connectivity index (χ2n) is 4.19. The molecule has 0 atom stereocenters. The van der Waals surface area contributed by atoms with Gasteiger partial charge in [0.25, 0.3) is 0 Å². The summed E-state index contributed by atoms with van der Waals surface area (Å²) in [5.41, 5.74) is 1.55. The van der Waals surface area contributed by atoms with Gasteiger partial charge in [-0.2, -0.15) is 0 Å². The molecule has 0 heterocycles. The molecular formula is C11H22. The summed E-state index contributed by atoms with van der Waals surface area (Å²) < 4.78 is 0. The van der Waals surface area contributed by atoms with Gasteiger partial charge in [0, 0.05) is 0 Å². The van der Waals surface area contributed by atoms with E-state index in [1.165, 1.54) is 12.8 Å². The van der Waals surface area contributed by atoms with Crippen LogP contribution in [-0.4, -0.2) is 0 Å². The lowest BCUT2D eigenvalue weighted by atomic mass is 10.0. The average molecular weight is 154 g/mol. The highest BCUT2D eigenvalue weighted by Crippen LogP contribution is 2.12. The van der Waals surface area contributed by atoms with Crippen molar-refractivity contribution in [3.63, 3.8) is 0 Å². The summed E-state index contributed by atoms with van der Waals surface area (Å²) in [4.78, 5) is 0. The standard InChI is InChI=1S/C11H22/c1-9(2)6-7-11(5)8-10(3)4/h8-10H,6-7H2,1-5H3/b11-8-. The van der Waals surface area contributed by atoms with Crippen LogP contribution in [0.2, 0.25) is 0 Å². The minimum Gasteiger partial charge on any atom is -0.0830 e. The third-order valence-corrected chi connectivity index (χ3v) is 1.73. The van der Waals surface area contributed by atoms with Crippen molar-refractivity contribution in [2.45, 2.75) is 47.5 Å². The van der Waals surface area contributed by atoms with E-state index < -0.39 is 0 Å². The zero-order chi connectivity index (χ0) is 8.85. The molecule has 0 N–H and O–H groups in total. The van der Waals surface area contributed by atoms with E-state index in [0.29, 0.717) is 5.92 Å².